The lowest BCUT2D eigenvalue weighted by atomic mass is 9.82. The number of ether oxygens (including phenoxy) is 2. The van der Waals surface area contributed by atoms with Crippen molar-refractivity contribution >= 4 is 11.8 Å². The molecule has 1 unspecified atom stereocenters. The number of hydrogen-bond acceptors (Lipinski definition) is 8. The van der Waals surface area contributed by atoms with Crippen LogP contribution in [0, 0.1) is 0 Å². The van der Waals surface area contributed by atoms with Gasteiger partial charge in [0.1, 0.15) is 5.75 Å². The van der Waals surface area contributed by atoms with Crippen molar-refractivity contribution in [1.29, 1.82) is 0 Å². The average Bonchev–Trinajstić information content (AvgIpc) is 3.31. The second-order valence-corrected chi connectivity index (χ2v) is 8.42. The zero-order valence-corrected chi connectivity index (χ0v) is 20.4. The smallest absolute Gasteiger partial charge is 0.252 e. The van der Waals surface area contributed by atoms with Gasteiger partial charge in [0.2, 0.25) is 5.90 Å². The van der Waals surface area contributed by atoms with Crippen LogP contribution in [0.2, 0.25) is 0 Å². The molecule has 2 aromatic rings. The zero-order chi connectivity index (χ0) is 26.7. The molecule has 11 heteroatoms. The van der Waals surface area contributed by atoms with E-state index < -0.39 is 30.3 Å². The van der Waals surface area contributed by atoms with Crippen LogP contribution in [0.5, 0.6) is 5.75 Å². The summed E-state index contributed by atoms with van der Waals surface area (Å²) in [5, 5.41) is 34.3. The molecule has 2 aromatic carbocycles. The number of nitrogens with zero attached hydrogens (tertiary/aromatic N) is 4. The summed E-state index contributed by atoms with van der Waals surface area (Å²) in [5.74, 6) is 0.327. The van der Waals surface area contributed by atoms with Gasteiger partial charge in [0, 0.05) is 36.5 Å². The predicted molar refractivity (Wildman–Crippen MR) is 137 cm³/mol. The standard InChI is InChI=1S/C26H31N5O6/c1-2-12-26(25(35)28-16-20(34)17-33)23(22-7-4-3-6-19(22)15-29-31-27)37-24(30-26)18-8-10-21(11-9-18)36-14-5-13-32/h2-4,6-11,20,23,32-34H,1,5,12-17H2,(H,28,35)/t20?,23-,26-/m0/s1. The largest absolute Gasteiger partial charge is 0.494 e. The minimum atomic E-state index is -1.48. The lowest BCUT2D eigenvalue weighted by molar-refractivity contribution is -0.129. The number of carbonyl (C=O) groups is 1. The molecule has 37 heavy (non-hydrogen) atoms. The van der Waals surface area contributed by atoms with Gasteiger partial charge in [-0.15, -0.1) is 6.58 Å². The summed E-state index contributed by atoms with van der Waals surface area (Å²) in [6.07, 6.45) is 0.167. The molecular formula is C26H31N5O6. The van der Waals surface area contributed by atoms with Crippen LogP contribution in [0.4, 0.5) is 0 Å². The number of benzene rings is 2. The highest BCUT2D eigenvalue weighted by atomic mass is 16.5. The fourth-order valence-corrected chi connectivity index (χ4v) is 3.98. The quantitative estimate of drug-likeness (QED) is 0.100. The van der Waals surface area contributed by atoms with Crippen LogP contribution < -0.4 is 10.1 Å². The fourth-order valence-electron chi connectivity index (χ4n) is 3.98. The Labute approximate surface area is 214 Å². The van der Waals surface area contributed by atoms with Crippen molar-refractivity contribution in [2.24, 2.45) is 10.1 Å². The van der Waals surface area contributed by atoms with E-state index in [1.165, 1.54) is 0 Å². The number of amides is 1. The van der Waals surface area contributed by atoms with Crippen LogP contribution >= 0.6 is 0 Å². The van der Waals surface area contributed by atoms with Gasteiger partial charge in [0.15, 0.2) is 11.6 Å². The Balaban J connectivity index is 2.03. The van der Waals surface area contributed by atoms with E-state index in [0.29, 0.717) is 35.5 Å². The van der Waals surface area contributed by atoms with Crippen LogP contribution in [-0.2, 0) is 16.1 Å². The Morgan fingerprint density at radius 1 is 1.30 bits per heavy atom. The molecule has 0 bridgehead atoms. The van der Waals surface area contributed by atoms with Crippen LogP contribution in [-0.4, -0.2) is 65.1 Å². The van der Waals surface area contributed by atoms with Crippen LogP contribution in [0.1, 0.15) is 35.6 Å². The molecule has 11 nitrogen and oxygen atoms in total. The minimum Gasteiger partial charge on any atom is -0.494 e. The van der Waals surface area contributed by atoms with Crippen molar-refractivity contribution in [3.05, 3.63) is 88.3 Å². The third-order valence-corrected chi connectivity index (χ3v) is 5.84. The van der Waals surface area contributed by atoms with Gasteiger partial charge >= 0.3 is 0 Å². The van der Waals surface area contributed by atoms with Gasteiger partial charge in [-0.2, -0.15) is 0 Å². The molecule has 0 radical (unpaired) electrons. The first-order valence-electron chi connectivity index (χ1n) is 11.9. The number of aliphatic imine (C=N–C) groups is 1. The Bertz CT molecular complexity index is 1150. The van der Waals surface area contributed by atoms with Crippen molar-refractivity contribution < 1.29 is 29.6 Å². The van der Waals surface area contributed by atoms with E-state index in [0.717, 1.165) is 0 Å². The lowest BCUT2D eigenvalue weighted by Crippen LogP contribution is -2.50. The van der Waals surface area contributed by atoms with Gasteiger partial charge in [-0.25, -0.2) is 4.99 Å². The number of aliphatic hydroxyl groups is 3. The monoisotopic (exact) mass is 509 g/mol. The zero-order valence-electron chi connectivity index (χ0n) is 20.4. The van der Waals surface area contributed by atoms with Crippen LogP contribution in [0.25, 0.3) is 10.4 Å². The molecule has 1 heterocycles. The summed E-state index contributed by atoms with van der Waals surface area (Å²) in [6, 6.07) is 14.2. The van der Waals surface area contributed by atoms with E-state index in [-0.39, 0.29) is 32.0 Å². The number of hydrogen-bond donors (Lipinski definition) is 4. The second kappa shape index (κ2) is 13.4. The molecule has 3 rings (SSSR count). The molecule has 0 aromatic heterocycles. The van der Waals surface area contributed by atoms with Crippen LogP contribution in [0.3, 0.4) is 0 Å². The van der Waals surface area contributed by atoms with Crippen LogP contribution in [0.15, 0.2) is 71.3 Å². The van der Waals surface area contributed by atoms with Crippen molar-refractivity contribution in [3.63, 3.8) is 0 Å². The first-order valence-corrected chi connectivity index (χ1v) is 11.9. The van der Waals surface area contributed by atoms with Gasteiger partial charge < -0.3 is 30.1 Å². The number of azide groups is 1. The third-order valence-electron chi connectivity index (χ3n) is 5.84. The summed E-state index contributed by atoms with van der Waals surface area (Å²) in [5.41, 5.74) is 9.28. The SMILES string of the molecule is C=CC[C@]1(C(=O)NCC(O)CO)N=C(c2ccc(OCCCO)cc2)O[C@H]1c1ccccc1CN=[N+]=[N-]. The molecular weight excluding hydrogens is 478 g/mol. The molecule has 196 valence electrons. The Morgan fingerprint density at radius 2 is 2.05 bits per heavy atom. The Kier molecular flexibility index (Phi) is 10.0. The maximum Gasteiger partial charge on any atom is 0.252 e. The first kappa shape index (κ1) is 27.7. The maximum absolute atomic E-state index is 13.6. The molecule has 0 spiro atoms. The topological polar surface area (TPSA) is 169 Å². The van der Waals surface area contributed by atoms with Gasteiger partial charge in [0.25, 0.3) is 5.91 Å². The lowest BCUT2D eigenvalue weighted by Gasteiger charge is -2.31. The molecule has 1 aliphatic heterocycles. The Morgan fingerprint density at radius 3 is 2.73 bits per heavy atom. The fraction of sp³-hybridized carbons (Fsp3) is 0.385. The average molecular weight is 510 g/mol. The maximum atomic E-state index is 13.6. The van der Waals surface area contributed by atoms with E-state index in [4.69, 9.17) is 25.1 Å². The van der Waals surface area contributed by atoms with E-state index in [1.54, 1.807) is 54.6 Å². The number of nitrogens with one attached hydrogen (secondary N) is 1. The number of carbonyl (C=O) groups excluding carboxylic acids is 1. The Hall–Kier alpha value is -3.89. The van der Waals surface area contributed by atoms with Gasteiger partial charge in [-0.05, 0) is 40.9 Å². The highest BCUT2D eigenvalue weighted by Crippen LogP contribution is 2.44. The van der Waals surface area contributed by atoms with E-state index in [2.05, 4.69) is 21.9 Å². The molecule has 3 atom stereocenters. The molecule has 0 aliphatic carbocycles. The molecule has 1 amide bonds. The normalized spacial score (nSPS) is 19.2. The molecule has 0 saturated heterocycles. The second-order valence-electron chi connectivity index (χ2n) is 8.42. The summed E-state index contributed by atoms with van der Waals surface area (Å²) in [6.45, 7) is 3.59. The number of aliphatic hydroxyl groups excluding tert-OH is 3. The summed E-state index contributed by atoms with van der Waals surface area (Å²) in [4.78, 5) is 21.2. The highest BCUT2D eigenvalue weighted by molar-refractivity contribution is 6.01. The predicted octanol–water partition coefficient (Wildman–Crippen LogP) is 2.56. The molecule has 0 fully saturated rings. The van der Waals surface area contributed by atoms with E-state index in [9.17, 15) is 15.0 Å². The summed E-state index contributed by atoms with van der Waals surface area (Å²) >= 11 is 0. The molecule has 0 saturated carbocycles. The van der Waals surface area contributed by atoms with Crippen molar-refractivity contribution in [2.75, 3.05) is 26.4 Å². The first-order chi connectivity index (χ1) is 18.0. The van der Waals surface area contributed by atoms with Gasteiger partial charge in [0.05, 0.1) is 25.9 Å². The minimum absolute atomic E-state index is 0.0358. The van der Waals surface area contributed by atoms with Crippen molar-refractivity contribution in [2.45, 2.75) is 37.1 Å². The summed E-state index contributed by atoms with van der Waals surface area (Å²) in [7, 11) is 0. The number of rotatable bonds is 14. The van der Waals surface area contributed by atoms with Gasteiger partial charge in [-0.1, -0.05) is 35.5 Å². The van der Waals surface area contributed by atoms with E-state index in [1.807, 2.05) is 0 Å². The highest BCUT2D eigenvalue weighted by Gasteiger charge is 2.53. The summed E-state index contributed by atoms with van der Waals surface area (Å²) < 4.78 is 11.9. The van der Waals surface area contributed by atoms with Crippen molar-refractivity contribution in [1.82, 2.24) is 5.32 Å². The van der Waals surface area contributed by atoms with Gasteiger partial charge in [-0.3, -0.25) is 4.79 Å². The van der Waals surface area contributed by atoms with Crippen molar-refractivity contribution in [3.8, 4) is 5.75 Å². The molecule has 4 N–H and O–H groups in total. The molecule has 1 aliphatic rings. The third kappa shape index (κ3) is 6.66. The van der Waals surface area contributed by atoms with E-state index >= 15 is 0 Å².